The van der Waals surface area contributed by atoms with Crippen molar-refractivity contribution in [3.63, 3.8) is 0 Å². The zero-order valence-corrected chi connectivity index (χ0v) is 6.99. The molecular formula is C8H16N2O. The van der Waals surface area contributed by atoms with Crippen LogP contribution in [-0.2, 0) is 4.74 Å². The van der Waals surface area contributed by atoms with Gasteiger partial charge in [0.05, 0.1) is 6.61 Å². The average Bonchev–Trinajstić information content (AvgIpc) is 2.54. The Morgan fingerprint density at radius 2 is 2.09 bits per heavy atom. The number of piperidine rings is 1. The first-order valence-corrected chi connectivity index (χ1v) is 4.30. The van der Waals surface area contributed by atoms with Gasteiger partial charge in [0.2, 0.25) is 0 Å². The molecule has 0 aromatic carbocycles. The van der Waals surface area contributed by atoms with E-state index in [9.17, 15) is 0 Å². The molecular weight excluding hydrogens is 140 g/mol. The quantitative estimate of drug-likeness (QED) is 0.600. The van der Waals surface area contributed by atoms with Gasteiger partial charge >= 0.3 is 0 Å². The van der Waals surface area contributed by atoms with Gasteiger partial charge in [0, 0.05) is 32.8 Å². The summed E-state index contributed by atoms with van der Waals surface area (Å²) >= 11 is 0. The summed E-state index contributed by atoms with van der Waals surface area (Å²) in [7, 11) is 1.75. The molecule has 0 aromatic heterocycles. The molecule has 0 spiro atoms. The van der Waals surface area contributed by atoms with Gasteiger partial charge < -0.3 is 15.4 Å². The molecule has 1 heterocycles. The van der Waals surface area contributed by atoms with Crippen LogP contribution in [0.4, 0.5) is 0 Å². The van der Waals surface area contributed by atoms with E-state index in [-0.39, 0.29) is 0 Å². The number of likely N-dealkylation sites (tertiary alicyclic amines) is 1. The summed E-state index contributed by atoms with van der Waals surface area (Å²) < 4.78 is 5.01. The van der Waals surface area contributed by atoms with Gasteiger partial charge in [-0.05, 0) is 11.8 Å². The number of ether oxygens (including phenoxy) is 1. The molecule has 1 aliphatic heterocycles. The van der Waals surface area contributed by atoms with Crippen LogP contribution in [0.1, 0.15) is 0 Å². The molecule has 2 rings (SSSR count). The van der Waals surface area contributed by atoms with Crippen LogP contribution in [0, 0.1) is 11.8 Å². The minimum Gasteiger partial charge on any atom is -0.383 e. The Kier molecular flexibility index (Phi) is 1.87. The third-order valence-electron chi connectivity index (χ3n) is 2.95. The van der Waals surface area contributed by atoms with Crippen LogP contribution >= 0.6 is 0 Å². The smallest absolute Gasteiger partial charge is 0.0589 e. The molecule has 1 saturated heterocycles. The van der Waals surface area contributed by atoms with Crippen molar-refractivity contribution in [3.8, 4) is 0 Å². The maximum absolute atomic E-state index is 5.80. The fourth-order valence-electron chi connectivity index (χ4n) is 2.06. The number of nitrogens with zero attached hydrogens (tertiary/aromatic N) is 1. The predicted octanol–water partition coefficient (Wildman–Crippen LogP) is -0.478. The Bertz CT molecular complexity index is 139. The predicted molar refractivity (Wildman–Crippen MR) is 43.3 cm³/mol. The fourth-order valence-corrected chi connectivity index (χ4v) is 2.06. The molecule has 3 heteroatoms. The second-order valence-electron chi connectivity index (χ2n) is 3.66. The zero-order chi connectivity index (χ0) is 7.84. The summed E-state index contributed by atoms with van der Waals surface area (Å²) in [6.07, 6.45) is 0. The zero-order valence-electron chi connectivity index (χ0n) is 6.99. The van der Waals surface area contributed by atoms with Gasteiger partial charge in [0.1, 0.15) is 0 Å². The Labute approximate surface area is 67.5 Å². The monoisotopic (exact) mass is 156 g/mol. The third-order valence-corrected chi connectivity index (χ3v) is 2.95. The first-order valence-electron chi connectivity index (χ1n) is 4.30. The number of rotatable bonds is 3. The molecule has 0 aromatic rings. The Morgan fingerprint density at radius 3 is 2.64 bits per heavy atom. The largest absolute Gasteiger partial charge is 0.383 e. The average molecular weight is 156 g/mol. The van der Waals surface area contributed by atoms with E-state index >= 15 is 0 Å². The van der Waals surface area contributed by atoms with Crippen molar-refractivity contribution < 1.29 is 4.74 Å². The molecule has 0 amide bonds. The van der Waals surface area contributed by atoms with Crippen LogP contribution in [0.15, 0.2) is 0 Å². The molecule has 1 saturated carbocycles. The summed E-state index contributed by atoms with van der Waals surface area (Å²) in [5.41, 5.74) is 5.80. The molecule has 0 bridgehead atoms. The van der Waals surface area contributed by atoms with Crippen molar-refractivity contribution in [1.82, 2.24) is 4.90 Å². The lowest BCUT2D eigenvalue weighted by atomic mass is 10.4. The first-order chi connectivity index (χ1) is 5.33. The topological polar surface area (TPSA) is 38.5 Å². The van der Waals surface area contributed by atoms with E-state index in [4.69, 9.17) is 10.5 Å². The summed E-state index contributed by atoms with van der Waals surface area (Å²) in [6, 6.07) is 0.522. The van der Waals surface area contributed by atoms with Crippen LogP contribution in [0.3, 0.4) is 0 Å². The maximum atomic E-state index is 5.80. The van der Waals surface area contributed by atoms with Crippen LogP contribution in [0.25, 0.3) is 0 Å². The van der Waals surface area contributed by atoms with E-state index in [1.54, 1.807) is 7.11 Å². The van der Waals surface area contributed by atoms with Gasteiger partial charge in [-0.15, -0.1) is 0 Å². The summed E-state index contributed by atoms with van der Waals surface area (Å²) in [5, 5.41) is 0. The van der Waals surface area contributed by atoms with Gasteiger partial charge in [0.15, 0.2) is 0 Å². The van der Waals surface area contributed by atoms with E-state index in [1.807, 2.05) is 0 Å². The van der Waals surface area contributed by atoms with Crippen molar-refractivity contribution >= 4 is 0 Å². The highest BCUT2D eigenvalue weighted by atomic mass is 16.5. The highest BCUT2D eigenvalue weighted by Crippen LogP contribution is 2.43. The molecule has 11 heavy (non-hydrogen) atoms. The minimum atomic E-state index is 0.522. The van der Waals surface area contributed by atoms with Crippen LogP contribution < -0.4 is 5.73 Å². The lowest BCUT2D eigenvalue weighted by Crippen LogP contribution is -2.30. The number of nitrogens with two attached hydrogens (primary N) is 1. The number of methoxy groups -OCH3 is 1. The van der Waals surface area contributed by atoms with Crippen molar-refractivity contribution in [2.45, 2.75) is 6.04 Å². The van der Waals surface area contributed by atoms with Gasteiger partial charge in [-0.2, -0.15) is 0 Å². The van der Waals surface area contributed by atoms with Crippen molar-refractivity contribution in [1.29, 1.82) is 0 Å². The third kappa shape index (κ3) is 1.28. The van der Waals surface area contributed by atoms with E-state index in [0.29, 0.717) is 6.04 Å². The van der Waals surface area contributed by atoms with Crippen molar-refractivity contribution in [3.05, 3.63) is 0 Å². The second kappa shape index (κ2) is 2.73. The summed E-state index contributed by atoms with van der Waals surface area (Å²) in [6.45, 7) is 4.34. The number of hydrogen-bond acceptors (Lipinski definition) is 3. The lowest BCUT2D eigenvalue weighted by Gasteiger charge is -2.17. The second-order valence-corrected chi connectivity index (χ2v) is 3.66. The molecule has 0 radical (unpaired) electrons. The van der Waals surface area contributed by atoms with Gasteiger partial charge in [-0.1, -0.05) is 0 Å². The Balaban J connectivity index is 1.69. The van der Waals surface area contributed by atoms with Gasteiger partial charge in [-0.25, -0.2) is 0 Å². The highest BCUT2D eigenvalue weighted by molar-refractivity contribution is 5.08. The normalized spacial score (nSPS) is 42.5. The molecule has 2 atom stereocenters. The van der Waals surface area contributed by atoms with Crippen LogP contribution in [-0.4, -0.2) is 44.3 Å². The SMILES string of the molecule is COCCN1CC2C(N)C2C1. The fraction of sp³-hybridized carbons (Fsp3) is 1.00. The summed E-state index contributed by atoms with van der Waals surface area (Å²) in [4.78, 5) is 2.45. The van der Waals surface area contributed by atoms with E-state index < -0.39 is 0 Å². The first kappa shape index (κ1) is 7.53. The Morgan fingerprint density at radius 1 is 1.45 bits per heavy atom. The standard InChI is InChI=1S/C8H16N2O/c1-11-3-2-10-4-6-7(5-10)8(6)9/h6-8H,2-5,9H2,1H3. The highest BCUT2D eigenvalue weighted by Gasteiger charge is 2.53. The Hall–Kier alpha value is -0.120. The van der Waals surface area contributed by atoms with Gasteiger partial charge in [0.25, 0.3) is 0 Å². The van der Waals surface area contributed by atoms with Crippen molar-refractivity contribution in [2.24, 2.45) is 17.6 Å². The van der Waals surface area contributed by atoms with Gasteiger partial charge in [-0.3, -0.25) is 0 Å². The molecule has 1 aliphatic carbocycles. The molecule has 2 unspecified atom stereocenters. The van der Waals surface area contributed by atoms with E-state index in [1.165, 1.54) is 13.1 Å². The molecule has 64 valence electrons. The maximum Gasteiger partial charge on any atom is 0.0589 e. The molecule has 3 nitrogen and oxygen atoms in total. The molecule has 2 N–H and O–H groups in total. The number of fused-ring (bicyclic) bond motifs is 1. The number of hydrogen-bond donors (Lipinski definition) is 1. The molecule has 2 fully saturated rings. The molecule has 2 aliphatic rings. The summed E-state index contributed by atoms with van der Waals surface area (Å²) in [5.74, 6) is 1.62. The van der Waals surface area contributed by atoms with Crippen molar-refractivity contribution in [2.75, 3.05) is 33.4 Å². The minimum absolute atomic E-state index is 0.522. The van der Waals surface area contributed by atoms with E-state index in [0.717, 1.165) is 25.0 Å². The van der Waals surface area contributed by atoms with E-state index in [2.05, 4.69) is 4.90 Å². The lowest BCUT2D eigenvalue weighted by molar-refractivity contribution is 0.154. The van der Waals surface area contributed by atoms with Crippen LogP contribution in [0.5, 0.6) is 0 Å². The van der Waals surface area contributed by atoms with Crippen LogP contribution in [0.2, 0.25) is 0 Å².